The van der Waals surface area contributed by atoms with Crippen LogP contribution in [-0.4, -0.2) is 20.1 Å². The summed E-state index contributed by atoms with van der Waals surface area (Å²) in [6, 6.07) is 9.99. The number of allylic oxidation sites excluding steroid dienone is 1. The minimum atomic E-state index is -0.428. The van der Waals surface area contributed by atoms with E-state index in [0.29, 0.717) is 34.8 Å². The van der Waals surface area contributed by atoms with Crippen LogP contribution in [0, 0.1) is 6.92 Å². The van der Waals surface area contributed by atoms with E-state index in [9.17, 15) is 9.59 Å². The lowest BCUT2D eigenvalue weighted by Gasteiger charge is -2.14. The van der Waals surface area contributed by atoms with E-state index in [-0.39, 0.29) is 5.91 Å². The van der Waals surface area contributed by atoms with Gasteiger partial charge in [-0.1, -0.05) is 6.08 Å². The third-order valence-electron chi connectivity index (χ3n) is 4.39. The first-order valence-corrected chi connectivity index (χ1v) is 8.68. The molecule has 2 aromatic carbocycles. The molecule has 6 heteroatoms. The highest BCUT2D eigenvalue weighted by Crippen LogP contribution is 2.33. The Morgan fingerprint density at radius 1 is 1.18 bits per heavy atom. The molecule has 0 atom stereocenters. The van der Waals surface area contributed by atoms with Crippen LogP contribution in [0.25, 0.3) is 11.0 Å². The van der Waals surface area contributed by atoms with Crippen LogP contribution in [0.3, 0.4) is 0 Å². The first kappa shape index (κ1) is 19.2. The molecule has 0 saturated carbocycles. The summed E-state index contributed by atoms with van der Waals surface area (Å²) in [5.41, 5.74) is 2.54. The maximum absolute atomic E-state index is 12.8. The Balaban J connectivity index is 1.96. The van der Waals surface area contributed by atoms with Gasteiger partial charge in [0.05, 0.1) is 14.2 Å². The van der Waals surface area contributed by atoms with Crippen LogP contribution < -0.4 is 20.4 Å². The first-order valence-electron chi connectivity index (χ1n) is 8.68. The highest BCUT2D eigenvalue weighted by molar-refractivity contribution is 6.05. The molecule has 0 radical (unpaired) electrons. The zero-order valence-electron chi connectivity index (χ0n) is 16.0. The van der Waals surface area contributed by atoms with Gasteiger partial charge in [0, 0.05) is 34.3 Å². The summed E-state index contributed by atoms with van der Waals surface area (Å²) in [4.78, 5) is 24.4. The Bertz CT molecular complexity index is 1110. The number of ether oxygens (including phenoxy) is 2. The van der Waals surface area contributed by atoms with Crippen LogP contribution in [0.5, 0.6) is 11.5 Å². The minimum Gasteiger partial charge on any atom is -0.493 e. The normalized spacial score (nSPS) is 10.5. The molecule has 0 unspecified atom stereocenters. The number of nitrogens with one attached hydrogen (secondary N) is 1. The third-order valence-corrected chi connectivity index (χ3v) is 4.39. The molecule has 0 fully saturated rings. The molecule has 6 nitrogen and oxygen atoms in total. The number of methoxy groups -OCH3 is 2. The fourth-order valence-corrected chi connectivity index (χ4v) is 3.09. The number of anilines is 1. The van der Waals surface area contributed by atoms with Crippen molar-refractivity contribution in [2.24, 2.45) is 0 Å². The molecule has 3 rings (SSSR count). The van der Waals surface area contributed by atoms with Gasteiger partial charge in [0.1, 0.15) is 5.58 Å². The van der Waals surface area contributed by atoms with Crippen LogP contribution in [0.4, 0.5) is 5.69 Å². The molecule has 0 saturated heterocycles. The topological polar surface area (TPSA) is 77.8 Å². The first-order chi connectivity index (χ1) is 13.5. The molecule has 0 aliphatic carbocycles. The largest absolute Gasteiger partial charge is 0.493 e. The summed E-state index contributed by atoms with van der Waals surface area (Å²) in [7, 11) is 3.07. The Morgan fingerprint density at radius 3 is 2.64 bits per heavy atom. The molecule has 1 heterocycles. The van der Waals surface area contributed by atoms with Crippen molar-refractivity contribution in [1.82, 2.24) is 0 Å². The Hall–Kier alpha value is -3.54. The van der Waals surface area contributed by atoms with Crippen molar-refractivity contribution in [3.63, 3.8) is 0 Å². The lowest BCUT2D eigenvalue weighted by molar-refractivity contribution is 0.102. The molecule has 144 valence electrons. The van der Waals surface area contributed by atoms with E-state index in [2.05, 4.69) is 11.9 Å². The van der Waals surface area contributed by atoms with Gasteiger partial charge < -0.3 is 19.2 Å². The molecular formula is C22H21NO5. The number of fused-ring (bicyclic) bond motifs is 1. The van der Waals surface area contributed by atoms with E-state index in [1.165, 1.54) is 13.2 Å². The number of aryl methyl sites for hydroxylation is 1. The van der Waals surface area contributed by atoms with Gasteiger partial charge in [-0.3, -0.25) is 4.79 Å². The second-order valence-electron chi connectivity index (χ2n) is 6.28. The van der Waals surface area contributed by atoms with Crippen molar-refractivity contribution < 1.29 is 18.7 Å². The Labute approximate surface area is 162 Å². The lowest BCUT2D eigenvalue weighted by atomic mass is 10.0. The van der Waals surface area contributed by atoms with Gasteiger partial charge in [-0.15, -0.1) is 6.58 Å². The molecule has 0 aliphatic heterocycles. The Kier molecular flexibility index (Phi) is 5.49. The predicted molar refractivity (Wildman–Crippen MR) is 109 cm³/mol. The lowest BCUT2D eigenvalue weighted by Crippen LogP contribution is -2.13. The van der Waals surface area contributed by atoms with E-state index < -0.39 is 5.63 Å². The van der Waals surface area contributed by atoms with Crippen LogP contribution in [0.1, 0.15) is 21.5 Å². The molecule has 0 spiro atoms. The monoisotopic (exact) mass is 379 g/mol. The van der Waals surface area contributed by atoms with Crippen molar-refractivity contribution in [2.75, 3.05) is 19.5 Å². The molecule has 1 amide bonds. The van der Waals surface area contributed by atoms with Crippen molar-refractivity contribution in [2.45, 2.75) is 13.3 Å². The number of hydrogen-bond acceptors (Lipinski definition) is 5. The second kappa shape index (κ2) is 8.00. The van der Waals surface area contributed by atoms with Crippen LogP contribution in [-0.2, 0) is 6.42 Å². The van der Waals surface area contributed by atoms with Crippen molar-refractivity contribution in [3.8, 4) is 11.5 Å². The van der Waals surface area contributed by atoms with E-state index in [0.717, 1.165) is 16.5 Å². The minimum absolute atomic E-state index is 0.319. The summed E-state index contributed by atoms with van der Waals surface area (Å²) in [5.74, 6) is 0.717. The average Bonchev–Trinajstić information content (AvgIpc) is 2.67. The van der Waals surface area contributed by atoms with E-state index in [1.807, 2.05) is 6.92 Å². The van der Waals surface area contributed by atoms with Gasteiger partial charge >= 0.3 is 5.63 Å². The fourth-order valence-electron chi connectivity index (χ4n) is 3.09. The van der Waals surface area contributed by atoms with Crippen LogP contribution in [0.2, 0.25) is 0 Å². The summed E-state index contributed by atoms with van der Waals surface area (Å²) < 4.78 is 16.0. The van der Waals surface area contributed by atoms with Gasteiger partial charge in [-0.05, 0) is 43.2 Å². The summed E-state index contributed by atoms with van der Waals surface area (Å²) >= 11 is 0. The fraction of sp³-hybridized carbons (Fsp3) is 0.182. The molecule has 0 aliphatic rings. The van der Waals surface area contributed by atoms with Gasteiger partial charge in [0.2, 0.25) is 0 Å². The second-order valence-corrected chi connectivity index (χ2v) is 6.28. The summed E-state index contributed by atoms with van der Waals surface area (Å²) in [6.45, 7) is 5.57. The molecule has 28 heavy (non-hydrogen) atoms. The molecule has 0 bridgehead atoms. The van der Waals surface area contributed by atoms with E-state index in [4.69, 9.17) is 13.9 Å². The smallest absolute Gasteiger partial charge is 0.336 e. The van der Waals surface area contributed by atoms with Crippen LogP contribution in [0.15, 0.2) is 58.3 Å². The number of amides is 1. The zero-order valence-corrected chi connectivity index (χ0v) is 16.0. The van der Waals surface area contributed by atoms with Gasteiger partial charge in [-0.25, -0.2) is 4.79 Å². The summed E-state index contributed by atoms with van der Waals surface area (Å²) in [5, 5.41) is 3.64. The standard InChI is InChI=1S/C22H21NO5/c1-5-6-14-10-15(11-19(26-3)21(14)27-4)22(25)23-16-7-8-17-13(2)9-20(24)28-18(17)12-16/h5,7-12H,1,6H2,2-4H3,(H,23,25). The SMILES string of the molecule is C=CCc1cc(C(=O)Nc2ccc3c(C)cc(=O)oc3c2)cc(OC)c1OC. The van der Waals surface area contributed by atoms with Gasteiger partial charge in [0.25, 0.3) is 5.91 Å². The molecular weight excluding hydrogens is 358 g/mol. The number of carbonyl (C=O) groups excluding carboxylic acids is 1. The third kappa shape index (κ3) is 3.76. The zero-order chi connectivity index (χ0) is 20.3. The number of hydrogen-bond donors (Lipinski definition) is 1. The Morgan fingerprint density at radius 2 is 1.96 bits per heavy atom. The maximum Gasteiger partial charge on any atom is 0.336 e. The van der Waals surface area contributed by atoms with Crippen LogP contribution >= 0.6 is 0 Å². The van der Waals surface area contributed by atoms with E-state index >= 15 is 0 Å². The average molecular weight is 379 g/mol. The predicted octanol–water partition coefficient (Wildman–Crippen LogP) is 4.10. The molecule has 1 N–H and O–H groups in total. The molecule has 3 aromatic rings. The van der Waals surface area contributed by atoms with Crippen molar-refractivity contribution >= 4 is 22.6 Å². The highest BCUT2D eigenvalue weighted by Gasteiger charge is 2.16. The van der Waals surface area contributed by atoms with Gasteiger partial charge in [-0.2, -0.15) is 0 Å². The molecule has 1 aromatic heterocycles. The summed E-state index contributed by atoms with van der Waals surface area (Å²) in [6.07, 6.45) is 2.26. The maximum atomic E-state index is 12.8. The van der Waals surface area contributed by atoms with E-state index in [1.54, 1.807) is 43.5 Å². The quantitative estimate of drug-likeness (QED) is 0.515. The number of benzene rings is 2. The number of rotatable bonds is 6. The van der Waals surface area contributed by atoms with Crippen molar-refractivity contribution in [3.05, 3.63) is 76.2 Å². The van der Waals surface area contributed by atoms with Crippen molar-refractivity contribution in [1.29, 1.82) is 0 Å². The van der Waals surface area contributed by atoms with Gasteiger partial charge in [0.15, 0.2) is 11.5 Å². The number of carbonyl (C=O) groups is 1. The highest BCUT2D eigenvalue weighted by atomic mass is 16.5.